The normalized spacial score (nSPS) is 9.31. The molecular weight excluding hydrogens is 208 g/mol. The molecule has 1 aromatic carbocycles. The number of esters is 1. The fourth-order valence-electron chi connectivity index (χ4n) is 0.909. The average molecular weight is 220 g/mol. The second-order valence-electron chi connectivity index (χ2n) is 3.19. The van der Waals surface area contributed by atoms with E-state index in [0.717, 1.165) is 5.56 Å². The molecule has 1 rings (SSSR count). The lowest BCUT2D eigenvalue weighted by atomic mass is 10.2. The van der Waals surface area contributed by atoms with E-state index >= 15 is 0 Å². The largest absolute Gasteiger partial charge is 0.516 e. The number of hydrogen-bond acceptors (Lipinski definition) is 4. The molecule has 4 heteroatoms. The molecule has 0 unspecified atom stereocenters. The smallest absolute Gasteiger partial charge is 0.429 e. The summed E-state index contributed by atoms with van der Waals surface area (Å²) < 4.78 is 9.06. The van der Waals surface area contributed by atoms with Crippen LogP contribution in [0.1, 0.15) is 12.5 Å². The summed E-state index contributed by atoms with van der Waals surface area (Å²) >= 11 is 0. The Morgan fingerprint density at radius 1 is 1.25 bits per heavy atom. The highest BCUT2D eigenvalue weighted by molar-refractivity contribution is 5.93. The highest BCUT2D eigenvalue weighted by atomic mass is 16.7. The molecule has 1 aromatic rings. The van der Waals surface area contributed by atoms with E-state index in [4.69, 9.17) is 4.74 Å². The lowest BCUT2D eigenvalue weighted by Crippen LogP contribution is -2.14. The van der Waals surface area contributed by atoms with Crippen LogP contribution in [0.25, 0.3) is 0 Å². The van der Waals surface area contributed by atoms with Gasteiger partial charge in [0.05, 0.1) is 0 Å². The molecule has 0 spiro atoms. The first-order valence-corrected chi connectivity index (χ1v) is 4.68. The molecule has 16 heavy (non-hydrogen) atoms. The molecule has 0 fully saturated rings. The van der Waals surface area contributed by atoms with Crippen LogP contribution in [0.5, 0.6) is 0 Å². The maximum Gasteiger partial charge on any atom is 0.516 e. The van der Waals surface area contributed by atoms with E-state index in [0.29, 0.717) is 0 Å². The van der Waals surface area contributed by atoms with E-state index in [2.05, 4.69) is 11.3 Å². The monoisotopic (exact) mass is 220 g/mol. The van der Waals surface area contributed by atoms with E-state index in [1.54, 1.807) is 12.1 Å². The van der Waals surface area contributed by atoms with Gasteiger partial charge in [0.2, 0.25) is 0 Å². The first-order valence-electron chi connectivity index (χ1n) is 4.68. The Morgan fingerprint density at radius 2 is 1.88 bits per heavy atom. The minimum absolute atomic E-state index is 0.0726. The van der Waals surface area contributed by atoms with Crippen LogP contribution in [0.15, 0.2) is 42.5 Å². The molecule has 0 aliphatic heterocycles. The van der Waals surface area contributed by atoms with Gasteiger partial charge in [0.15, 0.2) is 0 Å². The zero-order valence-corrected chi connectivity index (χ0v) is 8.93. The van der Waals surface area contributed by atoms with Crippen molar-refractivity contribution in [1.82, 2.24) is 0 Å². The van der Waals surface area contributed by atoms with Crippen molar-refractivity contribution in [2.24, 2.45) is 0 Å². The minimum Gasteiger partial charge on any atom is -0.429 e. The van der Waals surface area contributed by atoms with Crippen molar-refractivity contribution in [3.05, 3.63) is 48.0 Å². The van der Waals surface area contributed by atoms with Gasteiger partial charge in [0.1, 0.15) is 6.61 Å². The maximum absolute atomic E-state index is 11.0. The summed E-state index contributed by atoms with van der Waals surface area (Å²) in [7, 11) is 0. The maximum atomic E-state index is 11.0. The van der Waals surface area contributed by atoms with Crippen molar-refractivity contribution in [3.8, 4) is 0 Å². The van der Waals surface area contributed by atoms with Crippen molar-refractivity contribution < 1.29 is 19.1 Å². The van der Waals surface area contributed by atoms with Crippen LogP contribution in [0, 0.1) is 0 Å². The Morgan fingerprint density at radius 3 is 2.44 bits per heavy atom. The zero-order valence-electron chi connectivity index (χ0n) is 8.93. The summed E-state index contributed by atoms with van der Waals surface area (Å²) in [5.74, 6) is -0.780. The number of hydrogen-bond donors (Lipinski definition) is 0. The highest BCUT2D eigenvalue weighted by Gasteiger charge is 2.11. The van der Waals surface area contributed by atoms with Gasteiger partial charge in [0.25, 0.3) is 0 Å². The predicted octanol–water partition coefficient (Wildman–Crippen LogP) is 2.44. The number of benzene rings is 1. The fraction of sp³-hybridized carbons (Fsp3) is 0.167. The first-order chi connectivity index (χ1) is 7.59. The molecule has 0 atom stereocenters. The highest BCUT2D eigenvalue weighted by Crippen LogP contribution is 2.02. The summed E-state index contributed by atoms with van der Waals surface area (Å²) in [6, 6.07) is 9.10. The number of ether oxygens (including phenoxy) is 2. The molecule has 0 amide bonds. The minimum atomic E-state index is -1.02. The zero-order chi connectivity index (χ0) is 12.0. The molecule has 0 heterocycles. The van der Waals surface area contributed by atoms with Gasteiger partial charge in [-0.25, -0.2) is 9.59 Å². The van der Waals surface area contributed by atoms with Gasteiger partial charge in [-0.1, -0.05) is 36.9 Å². The van der Waals surface area contributed by atoms with Gasteiger partial charge in [-0.2, -0.15) is 0 Å². The SMILES string of the molecule is C=C(C)C(=O)OC(=O)OCc1ccccc1. The Bertz CT molecular complexity index is 395. The van der Waals surface area contributed by atoms with Crippen LogP contribution in [0.3, 0.4) is 0 Å². The molecule has 0 saturated heterocycles. The molecule has 4 nitrogen and oxygen atoms in total. The molecule has 0 bridgehead atoms. The third-order valence-electron chi connectivity index (χ3n) is 1.72. The van der Waals surface area contributed by atoms with E-state index in [9.17, 15) is 9.59 Å². The number of rotatable bonds is 3. The Labute approximate surface area is 93.5 Å². The average Bonchev–Trinajstić information content (AvgIpc) is 2.27. The first kappa shape index (κ1) is 12.0. The van der Waals surface area contributed by atoms with Gasteiger partial charge in [-0.3, -0.25) is 0 Å². The topological polar surface area (TPSA) is 52.6 Å². The van der Waals surface area contributed by atoms with E-state index in [-0.39, 0.29) is 12.2 Å². The summed E-state index contributed by atoms with van der Waals surface area (Å²) in [6.45, 7) is 4.87. The van der Waals surface area contributed by atoms with E-state index in [1.165, 1.54) is 6.92 Å². The van der Waals surface area contributed by atoms with Crippen molar-refractivity contribution in [2.45, 2.75) is 13.5 Å². The Kier molecular flexibility index (Phi) is 4.27. The molecular formula is C12H12O4. The lowest BCUT2D eigenvalue weighted by molar-refractivity contribution is -0.135. The Hall–Kier alpha value is -2.10. The number of carbonyl (C=O) groups is 2. The summed E-state index contributed by atoms with van der Waals surface area (Å²) in [5, 5.41) is 0. The summed E-state index contributed by atoms with van der Waals surface area (Å²) in [5.41, 5.74) is 0.971. The fourth-order valence-corrected chi connectivity index (χ4v) is 0.909. The summed E-state index contributed by atoms with van der Waals surface area (Å²) in [6.07, 6.45) is -1.02. The summed E-state index contributed by atoms with van der Waals surface area (Å²) in [4.78, 5) is 22.0. The van der Waals surface area contributed by atoms with Gasteiger partial charge >= 0.3 is 12.1 Å². The number of carbonyl (C=O) groups excluding carboxylic acids is 2. The van der Waals surface area contributed by atoms with Crippen LogP contribution in [0.4, 0.5) is 4.79 Å². The second kappa shape index (κ2) is 5.70. The third kappa shape index (κ3) is 3.96. The van der Waals surface area contributed by atoms with Crippen LogP contribution in [-0.2, 0) is 20.9 Å². The Balaban J connectivity index is 2.36. The predicted molar refractivity (Wildman–Crippen MR) is 57.5 cm³/mol. The standard InChI is InChI=1S/C12H12O4/c1-9(2)11(13)16-12(14)15-8-10-6-4-3-5-7-10/h3-7H,1,8H2,2H3. The molecule has 0 radical (unpaired) electrons. The van der Waals surface area contributed by atoms with Crippen molar-refractivity contribution in [3.63, 3.8) is 0 Å². The van der Waals surface area contributed by atoms with Crippen LogP contribution < -0.4 is 0 Å². The van der Waals surface area contributed by atoms with Crippen molar-refractivity contribution in [1.29, 1.82) is 0 Å². The van der Waals surface area contributed by atoms with E-state index in [1.807, 2.05) is 18.2 Å². The molecule has 0 N–H and O–H groups in total. The molecule has 0 aromatic heterocycles. The van der Waals surface area contributed by atoms with Crippen LogP contribution >= 0.6 is 0 Å². The molecule has 84 valence electrons. The quantitative estimate of drug-likeness (QED) is 0.446. The molecule has 0 aliphatic rings. The van der Waals surface area contributed by atoms with E-state index < -0.39 is 12.1 Å². The molecule has 0 aliphatic carbocycles. The van der Waals surface area contributed by atoms with Crippen molar-refractivity contribution in [2.75, 3.05) is 0 Å². The third-order valence-corrected chi connectivity index (χ3v) is 1.72. The second-order valence-corrected chi connectivity index (χ2v) is 3.19. The van der Waals surface area contributed by atoms with Crippen LogP contribution in [-0.4, -0.2) is 12.1 Å². The van der Waals surface area contributed by atoms with Crippen molar-refractivity contribution >= 4 is 12.1 Å². The van der Waals surface area contributed by atoms with Gasteiger partial charge < -0.3 is 9.47 Å². The van der Waals surface area contributed by atoms with Gasteiger partial charge in [-0.15, -0.1) is 0 Å². The lowest BCUT2D eigenvalue weighted by Gasteiger charge is -2.04. The van der Waals surface area contributed by atoms with Gasteiger partial charge in [-0.05, 0) is 12.5 Å². The molecule has 0 saturated carbocycles. The van der Waals surface area contributed by atoms with Gasteiger partial charge in [0, 0.05) is 5.57 Å². The van der Waals surface area contributed by atoms with Crippen LogP contribution in [0.2, 0.25) is 0 Å².